The molecule has 2 rings (SSSR count). The highest BCUT2D eigenvalue weighted by atomic mass is 16.5. The van der Waals surface area contributed by atoms with Crippen LogP contribution in [0.25, 0.3) is 0 Å². The molecular formula is C16H22N2O3. The van der Waals surface area contributed by atoms with E-state index in [1.165, 1.54) is 0 Å². The van der Waals surface area contributed by atoms with Crippen LogP contribution >= 0.6 is 0 Å². The maximum atomic E-state index is 12.0. The Kier molecular flexibility index (Phi) is 5.75. The quantitative estimate of drug-likeness (QED) is 0.845. The van der Waals surface area contributed by atoms with Crippen LogP contribution in [-0.2, 0) is 9.53 Å². The minimum atomic E-state index is -0.114. The number of ether oxygens (including phenoxy) is 1. The van der Waals surface area contributed by atoms with Crippen molar-refractivity contribution >= 4 is 17.5 Å². The summed E-state index contributed by atoms with van der Waals surface area (Å²) in [6.07, 6.45) is 3.52. The van der Waals surface area contributed by atoms with Gasteiger partial charge in [-0.25, -0.2) is 0 Å². The van der Waals surface area contributed by atoms with Gasteiger partial charge in [0, 0.05) is 30.8 Å². The predicted octanol–water partition coefficient (Wildman–Crippen LogP) is 2.33. The lowest BCUT2D eigenvalue weighted by molar-refractivity contribution is -0.116. The molecule has 5 heteroatoms. The van der Waals surface area contributed by atoms with Crippen LogP contribution in [0.2, 0.25) is 0 Å². The lowest BCUT2D eigenvalue weighted by Gasteiger charge is -2.11. The highest BCUT2D eigenvalue weighted by molar-refractivity contribution is 5.95. The second-order valence-corrected chi connectivity index (χ2v) is 5.22. The average Bonchev–Trinajstić information content (AvgIpc) is 2.99. The van der Waals surface area contributed by atoms with Gasteiger partial charge < -0.3 is 15.4 Å². The predicted molar refractivity (Wildman–Crippen MR) is 81.3 cm³/mol. The Morgan fingerprint density at radius 3 is 2.67 bits per heavy atom. The maximum Gasteiger partial charge on any atom is 0.251 e. The van der Waals surface area contributed by atoms with Gasteiger partial charge in [-0.1, -0.05) is 6.92 Å². The highest BCUT2D eigenvalue weighted by Crippen LogP contribution is 2.12. The van der Waals surface area contributed by atoms with Gasteiger partial charge in [0.25, 0.3) is 5.91 Å². The van der Waals surface area contributed by atoms with Gasteiger partial charge in [-0.05, 0) is 43.5 Å². The van der Waals surface area contributed by atoms with Crippen molar-refractivity contribution in [2.75, 3.05) is 18.5 Å². The van der Waals surface area contributed by atoms with Crippen molar-refractivity contribution in [1.29, 1.82) is 0 Å². The van der Waals surface area contributed by atoms with E-state index in [0.717, 1.165) is 25.9 Å². The third-order valence-electron chi connectivity index (χ3n) is 3.42. The van der Waals surface area contributed by atoms with E-state index >= 15 is 0 Å². The van der Waals surface area contributed by atoms with Crippen LogP contribution in [0.4, 0.5) is 5.69 Å². The lowest BCUT2D eigenvalue weighted by atomic mass is 10.1. The zero-order valence-corrected chi connectivity index (χ0v) is 12.4. The summed E-state index contributed by atoms with van der Waals surface area (Å²) in [5.41, 5.74) is 1.30. The van der Waals surface area contributed by atoms with Crippen LogP contribution in [-0.4, -0.2) is 31.1 Å². The van der Waals surface area contributed by atoms with E-state index < -0.39 is 0 Å². The largest absolute Gasteiger partial charge is 0.376 e. The van der Waals surface area contributed by atoms with E-state index in [-0.39, 0.29) is 17.9 Å². The summed E-state index contributed by atoms with van der Waals surface area (Å²) in [5.74, 6) is -0.120. The molecule has 0 aromatic heterocycles. The van der Waals surface area contributed by atoms with Crippen LogP contribution in [0.1, 0.15) is 43.0 Å². The summed E-state index contributed by atoms with van der Waals surface area (Å²) < 4.78 is 5.46. The second kappa shape index (κ2) is 7.78. The number of anilines is 1. The third kappa shape index (κ3) is 4.86. The molecule has 0 radical (unpaired) electrons. The molecule has 0 saturated carbocycles. The first-order valence-corrected chi connectivity index (χ1v) is 7.48. The first kappa shape index (κ1) is 15.5. The Morgan fingerprint density at radius 1 is 1.29 bits per heavy atom. The molecule has 1 saturated heterocycles. The zero-order chi connectivity index (χ0) is 15.1. The molecular weight excluding hydrogens is 268 g/mol. The van der Waals surface area contributed by atoms with E-state index in [1.54, 1.807) is 24.3 Å². The number of nitrogens with one attached hydrogen (secondary N) is 2. The summed E-state index contributed by atoms with van der Waals surface area (Å²) in [4.78, 5) is 23.5. The van der Waals surface area contributed by atoms with Gasteiger partial charge in [-0.2, -0.15) is 0 Å². The molecule has 5 nitrogen and oxygen atoms in total. The molecule has 1 fully saturated rings. The van der Waals surface area contributed by atoms with Gasteiger partial charge in [0.1, 0.15) is 0 Å². The molecule has 1 atom stereocenters. The third-order valence-corrected chi connectivity index (χ3v) is 3.42. The van der Waals surface area contributed by atoms with Gasteiger partial charge in [0.15, 0.2) is 0 Å². The molecule has 2 amide bonds. The first-order valence-electron chi connectivity index (χ1n) is 7.48. The number of carbonyl (C=O) groups excluding carboxylic acids is 2. The van der Waals surface area contributed by atoms with E-state index in [2.05, 4.69) is 10.6 Å². The van der Waals surface area contributed by atoms with Crippen LogP contribution < -0.4 is 10.6 Å². The summed E-state index contributed by atoms with van der Waals surface area (Å²) in [6.45, 7) is 3.29. The minimum Gasteiger partial charge on any atom is -0.376 e. The Balaban J connectivity index is 1.82. The second-order valence-electron chi connectivity index (χ2n) is 5.22. The molecule has 0 bridgehead atoms. The minimum absolute atomic E-state index is 0.00640. The molecule has 1 heterocycles. The van der Waals surface area contributed by atoms with Gasteiger partial charge >= 0.3 is 0 Å². The monoisotopic (exact) mass is 290 g/mol. The van der Waals surface area contributed by atoms with Crippen molar-refractivity contribution in [2.45, 2.75) is 38.7 Å². The van der Waals surface area contributed by atoms with Gasteiger partial charge in [-0.15, -0.1) is 0 Å². The number of carbonyl (C=O) groups is 2. The fourth-order valence-corrected chi connectivity index (χ4v) is 2.27. The topological polar surface area (TPSA) is 67.4 Å². The van der Waals surface area contributed by atoms with Gasteiger partial charge in [0.05, 0.1) is 6.10 Å². The molecule has 2 N–H and O–H groups in total. The number of hydrogen-bond donors (Lipinski definition) is 2. The molecule has 0 unspecified atom stereocenters. The fourth-order valence-electron chi connectivity index (χ4n) is 2.27. The summed E-state index contributed by atoms with van der Waals surface area (Å²) >= 11 is 0. The van der Waals surface area contributed by atoms with Gasteiger partial charge in [0.2, 0.25) is 5.91 Å². The number of hydrogen-bond acceptors (Lipinski definition) is 3. The zero-order valence-electron chi connectivity index (χ0n) is 12.4. The Labute approximate surface area is 125 Å². The Hall–Kier alpha value is -1.88. The van der Waals surface area contributed by atoms with E-state index in [4.69, 9.17) is 4.74 Å². The van der Waals surface area contributed by atoms with Crippen molar-refractivity contribution in [3.05, 3.63) is 29.8 Å². The van der Waals surface area contributed by atoms with Crippen LogP contribution in [0.15, 0.2) is 24.3 Å². The average molecular weight is 290 g/mol. The fraction of sp³-hybridized carbons (Fsp3) is 0.500. The van der Waals surface area contributed by atoms with Crippen molar-refractivity contribution in [1.82, 2.24) is 5.32 Å². The van der Waals surface area contributed by atoms with Gasteiger partial charge in [-0.3, -0.25) is 9.59 Å². The van der Waals surface area contributed by atoms with Crippen LogP contribution in [0.5, 0.6) is 0 Å². The van der Waals surface area contributed by atoms with Crippen LogP contribution in [0, 0.1) is 0 Å². The highest BCUT2D eigenvalue weighted by Gasteiger charge is 2.16. The summed E-state index contributed by atoms with van der Waals surface area (Å²) in [7, 11) is 0. The standard InChI is InChI=1S/C16H22N2O3/c1-2-4-15(19)18-13-8-6-12(7-9-13)16(20)17-11-14-5-3-10-21-14/h6-9,14H,2-5,10-11H2,1H3,(H,17,20)(H,18,19)/t14-/m1/s1. The summed E-state index contributed by atoms with van der Waals surface area (Å²) in [5, 5.41) is 5.67. The summed E-state index contributed by atoms with van der Waals surface area (Å²) in [6, 6.07) is 6.92. The Morgan fingerprint density at radius 2 is 2.05 bits per heavy atom. The van der Waals surface area contributed by atoms with Crippen molar-refractivity contribution in [3.63, 3.8) is 0 Å². The normalized spacial score (nSPS) is 17.5. The van der Waals surface area contributed by atoms with E-state index in [0.29, 0.717) is 24.2 Å². The number of benzene rings is 1. The molecule has 1 aromatic rings. The number of rotatable bonds is 6. The van der Waals surface area contributed by atoms with Crippen molar-refractivity contribution in [2.24, 2.45) is 0 Å². The molecule has 0 aliphatic carbocycles. The number of amides is 2. The smallest absolute Gasteiger partial charge is 0.251 e. The lowest BCUT2D eigenvalue weighted by Crippen LogP contribution is -2.31. The van der Waals surface area contributed by atoms with Crippen LogP contribution in [0.3, 0.4) is 0 Å². The molecule has 1 aromatic carbocycles. The van der Waals surface area contributed by atoms with Crippen molar-refractivity contribution in [3.8, 4) is 0 Å². The maximum absolute atomic E-state index is 12.0. The molecule has 1 aliphatic rings. The first-order chi connectivity index (χ1) is 10.2. The van der Waals surface area contributed by atoms with E-state index in [1.807, 2.05) is 6.92 Å². The molecule has 21 heavy (non-hydrogen) atoms. The van der Waals surface area contributed by atoms with E-state index in [9.17, 15) is 9.59 Å². The van der Waals surface area contributed by atoms with Crippen molar-refractivity contribution < 1.29 is 14.3 Å². The Bertz CT molecular complexity index is 479. The molecule has 0 spiro atoms. The molecule has 1 aliphatic heterocycles. The molecule has 114 valence electrons. The SMILES string of the molecule is CCCC(=O)Nc1ccc(C(=O)NC[C@H]2CCCO2)cc1.